The van der Waals surface area contributed by atoms with Crippen molar-refractivity contribution < 1.29 is 18.3 Å². The summed E-state index contributed by atoms with van der Waals surface area (Å²) in [4.78, 5) is 0. The zero-order chi connectivity index (χ0) is 10.8. The number of halogens is 3. The fourth-order valence-corrected chi connectivity index (χ4v) is 1.20. The highest BCUT2D eigenvalue weighted by Gasteiger charge is 2.33. The maximum Gasteiger partial charge on any atom is 0.416 e. The molecule has 0 atom stereocenters. The van der Waals surface area contributed by atoms with Gasteiger partial charge < -0.3 is 5.11 Å². The van der Waals surface area contributed by atoms with Crippen molar-refractivity contribution >= 4 is 0 Å². The summed E-state index contributed by atoms with van der Waals surface area (Å²) in [6.07, 6.45) is -3.11. The van der Waals surface area contributed by atoms with Crippen molar-refractivity contribution in [2.75, 3.05) is 0 Å². The zero-order valence-electron chi connectivity index (χ0n) is 7.30. The van der Waals surface area contributed by atoms with E-state index in [1.165, 1.54) is 18.2 Å². The van der Waals surface area contributed by atoms with Crippen molar-refractivity contribution in [3.8, 4) is 5.75 Å². The third kappa shape index (κ3) is 2.07. The van der Waals surface area contributed by atoms with Gasteiger partial charge in [-0.25, -0.2) is 0 Å². The number of benzene rings is 1. The first kappa shape index (κ1) is 10.6. The number of hydrogen-bond donors (Lipinski definition) is 1. The zero-order valence-corrected chi connectivity index (χ0v) is 7.30. The standard InChI is InChI=1S/C10H9F3O/c1-2-4-7-8(10(11,12)13)5-3-6-9(7)14/h2-3,5-6,14H,1,4H2. The molecule has 0 aliphatic heterocycles. The summed E-state index contributed by atoms with van der Waals surface area (Å²) >= 11 is 0. The Morgan fingerprint density at radius 1 is 1.36 bits per heavy atom. The lowest BCUT2D eigenvalue weighted by molar-refractivity contribution is -0.138. The summed E-state index contributed by atoms with van der Waals surface area (Å²) in [6, 6.07) is 3.34. The minimum Gasteiger partial charge on any atom is -0.508 e. The number of allylic oxidation sites excluding steroid dienone is 1. The molecule has 0 heterocycles. The van der Waals surface area contributed by atoms with E-state index < -0.39 is 11.7 Å². The second-order valence-corrected chi connectivity index (χ2v) is 2.79. The monoisotopic (exact) mass is 202 g/mol. The van der Waals surface area contributed by atoms with Crippen molar-refractivity contribution in [1.82, 2.24) is 0 Å². The van der Waals surface area contributed by atoms with Crippen LogP contribution in [0.2, 0.25) is 0 Å². The predicted molar refractivity (Wildman–Crippen MR) is 47.0 cm³/mol. The van der Waals surface area contributed by atoms with E-state index in [1.807, 2.05) is 0 Å². The molecule has 76 valence electrons. The molecule has 0 unspecified atom stereocenters. The lowest BCUT2D eigenvalue weighted by atomic mass is 10.0. The van der Waals surface area contributed by atoms with Crippen molar-refractivity contribution in [2.45, 2.75) is 12.6 Å². The minimum atomic E-state index is -4.43. The van der Waals surface area contributed by atoms with Gasteiger partial charge in [0.15, 0.2) is 0 Å². The summed E-state index contributed by atoms with van der Waals surface area (Å²) in [7, 11) is 0. The van der Waals surface area contributed by atoms with Crippen LogP contribution in [0.4, 0.5) is 13.2 Å². The Morgan fingerprint density at radius 3 is 2.50 bits per heavy atom. The van der Waals surface area contributed by atoms with E-state index in [9.17, 15) is 18.3 Å². The molecule has 0 aliphatic rings. The van der Waals surface area contributed by atoms with Crippen LogP contribution in [-0.4, -0.2) is 5.11 Å². The molecule has 4 heteroatoms. The van der Waals surface area contributed by atoms with Gasteiger partial charge in [-0.15, -0.1) is 6.58 Å². The Hall–Kier alpha value is -1.45. The van der Waals surface area contributed by atoms with Crippen molar-refractivity contribution in [2.24, 2.45) is 0 Å². The maximum absolute atomic E-state index is 12.4. The fraction of sp³-hybridized carbons (Fsp3) is 0.200. The molecule has 14 heavy (non-hydrogen) atoms. The fourth-order valence-electron chi connectivity index (χ4n) is 1.20. The van der Waals surface area contributed by atoms with E-state index in [0.29, 0.717) is 0 Å². The second-order valence-electron chi connectivity index (χ2n) is 2.79. The Bertz CT molecular complexity index is 342. The molecule has 0 amide bonds. The molecule has 0 aliphatic carbocycles. The summed E-state index contributed by atoms with van der Waals surface area (Å²) in [6.45, 7) is 3.34. The Balaban J connectivity index is 3.28. The highest BCUT2D eigenvalue weighted by atomic mass is 19.4. The number of aromatic hydroxyl groups is 1. The predicted octanol–water partition coefficient (Wildman–Crippen LogP) is 3.14. The topological polar surface area (TPSA) is 20.2 Å². The van der Waals surface area contributed by atoms with E-state index in [4.69, 9.17) is 0 Å². The van der Waals surface area contributed by atoms with Crippen LogP contribution in [0.3, 0.4) is 0 Å². The summed E-state index contributed by atoms with van der Waals surface area (Å²) < 4.78 is 37.2. The van der Waals surface area contributed by atoms with E-state index in [1.54, 1.807) is 0 Å². The van der Waals surface area contributed by atoms with Crippen LogP contribution in [0.15, 0.2) is 30.9 Å². The molecule has 1 nitrogen and oxygen atoms in total. The lowest BCUT2D eigenvalue weighted by Gasteiger charge is -2.12. The smallest absolute Gasteiger partial charge is 0.416 e. The van der Waals surface area contributed by atoms with Gasteiger partial charge in [0.05, 0.1) is 5.56 Å². The van der Waals surface area contributed by atoms with Gasteiger partial charge in [0.25, 0.3) is 0 Å². The average Bonchev–Trinajstić information content (AvgIpc) is 2.07. The quantitative estimate of drug-likeness (QED) is 0.730. The Morgan fingerprint density at radius 2 is 2.00 bits per heavy atom. The van der Waals surface area contributed by atoms with Crippen LogP contribution in [0.25, 0.3) is 0 Å². The molecule has 0 aromatic heterocycles. The van der Waals surface area contributed by atoms with E-state index in [-0.39, 0.29) is 17.7 Å². The van der Waals surface area contributed by atoms with Crippen LogP contribution < -0.4 is 0 Å². The molecule has 0 saturated carbocycles. The number of phenolic OH excluding ortho intramolecular Hbond substituents is 1. The molecule has 0 radical (unpaired) electrons. The lowest BCUT2D eigenvalue weighted by Crippen LogP contribution is -2.08. The summed E-state index contributed by atoms with van der Waals surface area (Å²) in [5, 5.41) is 9.24. The minimum absolute atomic E-state index is 0.00150. The SMILES string of the molecule is C=CCc1c(O)cccc1C(F)(F)F. The van der Waals surface area contributed by atoms with Gasteiger partial charge in [0.2, 0.25) is 0 Å². The molecule has 1 aromatic rings. The molecule has 0 spiro atoms. The number of phenols is 1. The van der Waals surface area contributed by atoms with E-state index >= 15 is 0 Å². The van der Waals surface area contributed by atoms with Crippen LogP contribution in [0.1, 0.15) is 11.1 Å². The third-order valence-corrected chi connectivity index (χ3v) is 1.81. The van der Waals surface area contributed by atoms with Crippen LogP contribution in [0, 0.1) is 0 Å². The summed E-state index contributed by atoms with van der Waals surface area (Å²) in [5.74, 6) is -0.347. The molecule has 0 saturated heterocycles. The van der Waals surface area contributed by atoms with Crippen LogP contribution in [0.5, 0.6) is 5.75 Å². The molecule has 1 rings (SSSR count). The first-order valence-corrected chi connectivity index (χ1v) is 3.95. The molecule has 1 aromatic carbocycles. The van der Waals surface area contributed by atoms with Crippen molar-refractivity contribution in [3.05, 3.63) is 42.0 Å². The van der Waals surface area contributed by atoms with Gasteiger partial charge in [-0.05, 0) is 18.6 Å². The Labute approximate surface area is 79.5 Å². The first-order valence-electron chi connectivity index (χ1n) is 3.95. The number of alkyl halides is 3. The highest BCUT2D eigenvalue weighted by Crippen LogP contribution is 2.35. The maximum atomic E-state index is 12.4. The molecular formula is C10H9F3O. The third-order valence-electron chi connectivity index (χ3n) is 1.81. The van der Waals surface area contributed by atoms with Gasteiger partial charge in [-0.3, -0.25) is 0 Å². The largest absolute Gasteiger partial charge is 0.508 e. The van der Waals surface area contributed by atoms with Gasteiger partial charge in [-0.2, -0.15) is 13.2 Å². The molecular weight excluding hydrogens is 193 g/mol. The summed E-state index contributed by atoms with van der Waals surface area (Å²) in [5.41, 5.74) is -0.938. The van der Waals surface area contributed by atoms with Crippen molar-refractivity contribution in [3.63, 3.8) is 0 Å². The molecule has 1 N–H and O–H groups in total. The van der Waals surface area contributed by atoms with Crippen molar-refractivity contribution in [1.29, 1.82) is 0 Å². The van der Waals surface area contributed by atoms with E-state index in [2.05, 4.69) is 6.58 Å². The molecule has 0 bridgehead atoms. The second kappa shape index (κ2) is 3.74. The first-order chi connectivity index (χ1) is 6.46. The van der Waals surface area contributed by atoms with Crippen LogP contribution in [-0.2, 0) is 12.6 Å². The molecule has 0 fully saturated rings. The van der Waals surface area contributed by atoms with Gasteiger partial charge in [0, 0.05) is 5.56 Å². The highest BCUT2D eigenvalue weighted by molar-refractivity contribution is 5.41. The van der Waals surface area contributed by atoms with Gasteiger partial charge in [-0.1, -0.05) is 12.1 Å². The average molecular weight is 202 g/mol. The normalized spacial score (nSPS) is 11.4. The van der Waals surface area contributed by atoms with Gasteiger partial charge >= 0.3 is 6.18 Å². The number of rotatable bonds is 2. The Kier molecular flexibility index (Phi) is 2.84. The van der Waals surface area contributed by atoms with Gasteiger partial charge in [0.1, 0.15) is 5.75 Å². The number of hydrogen-bond acceptors (Lipinski definition) is 1. The van der Waals surface area contributed by atoms with E-state index in [0.717, 1.165) is 6.07 Å². The van der Waals surface area contributed by atoms with Crippen LogP contribution >= 0.6 is 0 Å².